The van der Waals surface area contributed by atoms with Gasteiger partial charge in [-0.1, -0.05) is 13.8 Å². The molecule has 16 heavy (non-hydrogen) atoms. The number of pyridine rings is 1. The topological polar surface area (TPSA) is 38.7 Å². The minimum absolute atomic E-state index is 0.746. The van der Waals surface area contributed by atoms with Gasteiger partial charge in [0.05, 0.1) is 15.9 Å². The molecule has 0 aromatic carbocycles. The van der Waals surface area contributed by atoms with Crippen LogP contribution in [0.25, 0.3) is 11.0 Å². The van der Waals surface area contributed by atoms with Crippen molar-refractivity contribution in [2.45, 2.75) is 26.7 Å². The molecule has 3 nitrogen and oxygen atoms in total. The van der Waals surface area contributed by atoms with Crippen LogP contribution in [0.4, 0.5) is 0 Å². The third kappa shape index (κ3) is 1.98. The van der Waals surface area contributed by atoms with Gasteiger partial charge in [0.25, 0.3) is 0 Å². The van der Waals surface area contributed by atoms with Gasteiger partial charge in [-0.05, 0) is 44.7 Å². The Labute approximate surface area is 111 Å². The molecule has 0 aliphatic carbocycles. The van der Waals surface area contributed by atoms with Crippen LogP contribution < -0.4 is 0 Å². The van der Waals surface area contributed by atoms with Crippen LogP contribution >= 0.6 is 31.9 Å². The zero-order chi connectivity index (χ0) is 11.7. The van der Waals surface area contributed by atoms with E-state index in [0.717, 1.165) is 44.3 Å². The van der Waals surface area contributed by atoms with Crippen molar-refractivity contribution in [1.29, 1.82) is 0 Å². The zero-order valence-electron chi connectivity index (χ0n) is 9.09. The number of hydrogen-bond donors (Lipinski definition) is 0. The molecule has 0 saturated heterocycles. The van der Waals surface area contributed by atoms with Crippen LogP contribution in [0.5, 0.6) is 0 Å². The Hall–Kier alpha value is -0.550. The number of aryl methyl sites for hydroxylation is 2. The summed E-state index contributed by atoms with van der Waals surface area (Å²) in [6, 6.07) is 0. The largest absolute Gasteiger partial charge is 0.248 e. The molecule has 0 amide bonds. The molecular formula is C11H11Br2N3. The molecule has 2 rings (SSSR count). The van der Waals surface area contributed by atoms with Crippen molar-refractivity contribution in [2.24, 2.45) is 0 Å². The Morgan fingerprint density at radius 2 is 1.56 bits per heavy atom. The molecule has 84 valence electrons. The van der Waals surface area contributed by atoms with Gasteiger partial charge in [-0.3, -0.25) is 0 Å². The SMILES string of the molecule is CCc1nc2c(Br)cnc(Br)c2nc1CC. The van der Waals surface area contributed by atoms with E-state index in [4.69, 9.17) is 0 Å². The number of nitrogens with zero attached hydrogens (tertiary/aromatic N) is 3. The Bertz CT molecular complexity index is 492. The summed E-state index contributed by atoms with van der Waals surface area (Å²) < 4.78 is 1.63. The molecule has 0 saturated carbocycles. The van der Waals surface area contributed by atoms with Gasteiger partial charge in [0.15, 0.2) is 0 Å². The monoisotopic (exact) mass is 343 g/mol. The summed E-state index contributed by atoms with van der Waals surface area (Å²) in [5.41, 5.74) is 3.81. The van der Waals surface area contributed by atoms with Crippen molar-refractivity contribution < 1.29 is 0 Å². The number of halogens is 2. The van der Waals surface area contributed by atoms with Crippen LogP contribution in [0, 0.1) is 0 Å². The summed E-state index contributed by atoms with van der Waals surface area (Å²) in [6.45, 7) is 4.19. The fourth-order valence-electron chi connectivity index (χ4n) is 1.62. The molecule has 0 N–H and O–H groups in total. The van der Waals surface area contributed by atoms with E-state index in [0.29, 0.717) is 0 Å². The van der Waals surface area contributed by atoms with Gasteiger partial charge >= 0.3 is 0 Å². The first kappa shape index (κ1) is 11.9. The summed E-state index contributed by atoms with van der Waals surface area (Å²) in [4.78, 5) is 13.5. The normalized spacial score (nSPS) is 11.0. The molecule has 2 aromatic rings. The van der Waals surface area contributed by atoms with Crippen molar-refractivity contribution in [1.82, 2.24) is 15.0 Å². The summed E-state index contributed by atoms with van der Waals surface area (Å²) >= 11 is 6.86. The lowest BCUT2D eigenvalue weighted by molar-refractivity contribution is 0.926. The number of rotatable bonds is 2. The van der Waals surface area contributed by atoms with Crippen LogP contribution in [0.1, 0.15) is 25.2 Å². The fraction of sp³-hybridized carbons (Fsp3) is 0.364. The van der Waals surface area contributed by atoms with Crippen molar-refractivity contribution >= 4 is 42.9 Å². The lowest BCUT2D eigenvalue weighted by atomic mass is 10.2. The Kier molecular flexibility index (Phi) is 3.54. The molecule has 2 heterocycles. The molecular weight excluding hydrogens is 334 g/mol. The predicted octanol–water partition coefficient (Wildman–Crippen LogP) is 3.67. The van der Waals surface area contributed by atoms with E-state index in [1.54, 1.807) is 6.20 Å². The molecule has 5 heteroatoms. The molecule has 0 bridgehead atoms. The maximum atomic E-state index is 4.65. The minimum atomic E-state index is 0.746. The highest BCUT2D eigenvalue weighted by atomic mass is 79.9. The lowest BCUT2D eigenvalue weighted by Crippen LogP contribution is -2.01. The highest BCUT2D eigenvalue weighted by Crippen LogP contribution is 2.26. The van der Waals surface area contributed by atoms with Crippen molar-refractivity contribution in [3.8, 4) is 0 Å². The molecule has 0 unspecified atom stereocenters. The molecule has 0 radical (unpaired) electrons. The Morgan fingerprint density at radius 3 is 2.12 bits per heavy atom. The Morgan fingerprint density at radius 1 is 1.00 bits per heavy atom. The van der Waals surface area contributed by atoms with Crippen LogP contribution in [-0.4, -0.2) is 15.0 Å². The van der Waals surface area contributed by atoms with E-state index < -0.39 is 0 Å². The van der Waals surface area contributed by atoms with Gasteiger partial charge in [0, 0.05) is 6.20 Å². The number of aromatic nitrogens is 3. The van der Waals surface area contributed by atoms with Crippen molar-refractivity contribution in [3.05, 3.63) is 26.7 Å². The van der Waals surface area contributed by atoms with Gasteiger partial charge in [-0.15, -0.1) is 0 Å². The van der Waals surface area contributed by atoms with Crippen molar-refractivity contribution in [2.75, 3.05) is 0 Å². The third-order valence-electron chi connectivity index (χ3n) is 2.43. The van der Waals surface area contributed by atoms with Gasteiger partial charge in [-0.2, -0.15) is 0 Å². The zero-order valence-corrected chi connectivity index (χ0v) is 12.3. The predicted molar refractivity (Wildman–Crippen MR) is 71.5 cm³/mol. The highest BCUT2D eigenvalue weighted by molar-refractivity contribution is 9.11. The van der Waals surface area contributed by atoms with Crippen molar-refractivity contribution in [3.63, 3.8) is 0 Å². The first-order chi connectivity index (χ1) is 7.67. The molecule has 0 spiro atoms. The van der Waals surface area contributed by atoms with Gasteiger partial charge in [0.1, 0.15) is 15.6 Å². The second-order valence-corrected chi connectivity index (χ2v) is 5.02. The quantitative estimate of drug-likeness (QED) is 0.780. The molecule has 0 aliphatic rings. The van der Waals surface area contributed by atoms with Gasteiger partial charge < -0.3 is 0 Å². The van der Waals surface area contributed by atoms with Crippen LogP contribution in [0.2, 0.25) is 0 Å². The standard InChI is InChI=1S/C11H11Br2N3/c1-3-7-8(4-2)16-10-9(15-7)6(12)5-14-11(10)13/h5H,3-4H2,1-2H3. The molecule has 0 atom stereocenters. The summed E-state index contributed by atoms with van der Waals surface area (Å²) in [7, 11) is 0. The fourth-order valence-corrected chi connectivity index (χ4v) is 2.37. The van der Waals surface area contributed by atoms with E-state index >= 15 is 0 Å². The van der Waals surface area contributed by atoms with Crippen LogP contribution in [0.15, 0.2) is 15.3 Å². The molecule has 2 aromatic heterocycles. The summed E-state index contributed by atoms with van der Waals surface area (Å²) in [6.07, 6.45) is 3.54. The number of fused-ring (bicyclic) bond motifs is 1. The molecule has 0 fully saturated rings. The third-order valence-corrected chi connectivity index (χ3v) is 3.59. The van der Waals surface area contributed by atoms with Gasteiger partial charge in [0.2, 0.25) is 0 Å². The second kappa shape index (κ2) is 4.75. The van der Waals surface area contributed by atoms with E-state index in [9.17, 15) is 0 Å². The molecule has 0 aliphatic heterocycles. The second-order valence-electron chi connectivity index (χ2n) is 3.42. The smallest absolute Gasteiger partial charge is 0.133 e. The van der Waals surface area contributed by atoms with E-state index in [2.05, 4.69) is 60.7 Å². The maximum absolute atomic E-state index is 4.65. The first-order valence-electron chi connectivity index (χ1n) is 5.16. The average Bonchev–Trinajstić information content (AvgIpc) is 2.32. The number of hydrogen-bond acceptors (Lipinski definition) is 3. The van der Waals surface area contributed by atoms with Gasteiger partial charge in [-0.25, -0.2) is 15.0 Å². The average molecular weight is 345 g/mol. The maximum Gasteiger partial charge on any atom is 0.133 e. The summed E-state index contributed by atoms with van der Waals surface area (Å²) in [5, 5.41) is 0. The first-order valence-corrected chi connectivity index (χ1v) is 6.75. The Balaban J connectivity index is 2.82. The summed E-state index contributed by atoms with van der Waals surface area (Å²) in [5.74, 6) is 0. The minimum Gasteiger partial charge on any atom is -0.248 e. The van der Waals surface area contributed by atoms with E-state index in [-0.39, 0.29) is 0 Å². The van der Waals surface area contributed by atoms with E-state index in [1.165, 1.54) is 0 Å². The van der Waals surface area contributed by atoms with Crippen LogP contribution in [0.3, 0.4) is 0 Å². The highest BCUT2D eigenvalue weighted by Gasteiger charge is 2.11. The lowest BCUT2D eigenvalue weighted by Gasteiger charge is -2.08. The van der Waals surface area contributed by atoms with Crippen LogP contribution in [-0.2, 0) is 12.8 Å². The van der Waals surface area contributed by atoms with E-state index in [1.807, 2.05) is 0 Å².